The summed E-state index contributed by atoms with van der Waals surface area (Å²) in [5.74, 6) is -4.66. The Bertz CT molecular complexity index is 1370. The monoisotopic (exact) mass is 611 g/mol. The van der Waals surface area contributed by atoms with Gasteiger partial charge in [-0.3, -0.25) is 9.59 Å². The van der Waals surface area contributed by atoms with Gasteiger partial charge in [0.05, 0.1) is 44.2 Å². The zero-order valence-electron chi connectivity index (χ0n) is 19.8. The molecule has 1 aliphatic carbocycles. The number of rotatable bonds is 7. The Morgan fingerprint density at radius 1 is 1.10 bits per heavy atom. The minimum atomic E-state index is -5.18. The normalized spacial score (nSPS) is 16.4. The number of primary amides is 1. The van der Waals surface area contributed by atoms with E-state index in [1.165, 1.54) is 0 Å². The first-order valence-corrected chi connectivity index (χ1v) is 12.2. The summed E-state index contributed by atoms with van der Waals surface area (Å²) in [6.07, 6.45) is -8.35. The smallest absolute Gasteiger partial charge is 0.366 e. The molecule has 39 heavy (non-hydrogen) atoms. The standard InChI is InChI=1S/C25H18Cl3F6N3O2/c1-11(37-22(39)23(10-35)6-7-23)18-12(2-4-14(21(36)38)19(18)25(32,33)34)3-5-15(24(29,30)31)13-8-16(26)20(28)17(27)9-13/h2-5,8-9,11,15H,6-7H2,1H3,(H2,36,38)(H,37,39)/b5-3+/t11-,15?/m0/s1. The van der Waals surface area contributed by atoms with Gasteiger partial charge in [0.15, 0.2) is 0 Å². The van der Waals surface area contributed by atoms with Crippen LogP contribution in [0.15, 0.2) is 30.3 Å². The first-order chi connectivity index (χ1) is 17.9. The molecule has 2 aromatic carbocycles. The van der Waals surface area contributed by atoms with E-state index < -0.39 is 63.8 Å². The number of benzene rings is 2. The van der Waals surface area contributed by atoms with E-state index in [9.17, 15) is 41.2 Å². The van der Waals surface area contributed by atoms with Crippen LogP contribution < -0.4 is 11.1 Å². The second-order valence-corrected chi connectivity index (χ2v) is 10.1. The number of nitrogens with one attached hydrogen (secondary N) is 1. The first kappa shape index (κ1) is 30.6. The molecule has 3 rings (SSSR count). The molecule has 1 fully saturated rings. The highest BCUT2D eigenvalue weighted by atomic mass is 35.5. The summed E-state index contributed by atoms with van der Waals surface area (Å²) in [7, 11) is 0. The van der Waals surface area contributed by atoms with Crippen molar-refractivity contribution in [1.82, 2.24) is 5.32 Å². The molecule has 0 spiro atoms. The number of nitriles is 1. The molecule has 2 amide bonds. The number of halogens is 9. The van der Waals surface area contributed by atoms with Crippen LogP contribution in [0.25, 0.3) is 6.08 Å². The Morgan fingerprint density at radius 2 is 1.67 bits per heavy atom. The molecule has 5 nitrogen and oxygen atoms in total. The van der Waals surface area contributed by atoms with Crippen LogP contribution in [0.3, 0.4) is 0 Å². The largest absolute Gasteiger partial charge is 0.417 e. The fraction of sp³-hybridized carbons (Fsp3) is 0.320. The van der Waals surface area contributed by atoms with Crippen molar-refractivity contribution in [3.63, 3.8) is 0 Å². The van der Waals surface area contributed by atoms with Crippen LogP contribution in [0.4, 0.5) is 26.3 Å². The molecule has 0 aromatic heterocycles. The van der Waals surface area contributed by atoms with Crippen molar-refractivity contribution in [3.8, 4) is 6.07 Å². The van der Waals surface area contributed by atoms with Crippen molar-refractivity contribution in [2.75, 3.05) is 0 Å². The zero-order valence-corrected chi connectivity index (χ0v) is 22.0. The van der Waals surface area contributed by atoms with Crippen molar-refractivity contribution in [3.05, 3.63) is 73.2 Å². The number of nitrogens with two attached hydrogens (primary N) is 1. The summed E-state index contributed by atoms with van der Waals surface area (Å²) in [6.45, 7) is 1.15. The molecule has 0 aliphatic heterocycles. The number of alkyl halides is 6. The van der Waals surface area contributed by atoms with E-state index in [4.69, 9.17) is 40.5 Å². The van der Waals surface area contributed by atoms with Crippen LogP contribution in [0.1, 0.15) is 64.3 Å². The van der Waals surface area contributed by atoms with Gasteiger partial charge in [-0.15, -0.1) is 0 Å². The average molecular weight is 613 g/mol. The Kier molecular flexibility index (Phi) is 8.56. The van der Waals surface area contributed by atoms with E-state index in [-0.39, 0.29) is 33.5 Å². The molecular weight excluding hydrogens is 595 g/mol. The van der Waals surface area contributed by atoms with Gasteiger partial charge in [-0.05, 0) is 54.7 Å². The van der Waals surface area contributed by atoms with Gasteiger partial charge >= 0.3 is 12.4 Å². The van der Waals surface area contributed by atoms with Gasteiger partial charge in [-0.1, -0.05) is 53.0 Å². The molecule has 0 heterocycles. The van der Waals surface area contributed by atoms with E-state index in [1.54, 1.807) is 0 Å². The van der Waals surface area contributed by atoms with Crippen molar-refractivity contribution in [1.29, 1.82) is 5.26 Å². The van der Waals surface area contributed by atoms with E-state index in [0.29, 0.717) is 6.08 Å². The van der Waals surface area contributed by atoms with E-state index in [2.05, 4.69) is 5.32 Å². The molecule has 0 radical (unpaired) electrons. The number of nitrogens with zero attached hydrogens (tertiary/aromatic N) is 1. The second kappa shape index (κ2) is 10.9. The Morgan fingerprint density at radius 3 is 2.10 bits per heavy atom. The van der Waals surface area contributed by atoms with Crippen molar-refractivity contribution >= 4 is 52.7 Å². The van der Waals surface area contributed by atoms with Gasteiger partial charge in [0.1, 0.15) is 5.41 Å². The number of allylic oxidation sites excluding steroid dienone is 1. The SMILES string of the molecule is C[C@H](NC(=O)C1(C#N)CC1)c1c(/C=C/C(c2cc(Cl)c(Cl)c(Cl)c2)C(F)(F)F)ccc(C(N)=O)c1C(F)(F)F. The third-order valence-corrected chi connectivity index (χ3v) is 7.39. The molecule has 14 heteroatoms. The minimum absolute atomic E-state index is 0.179. The fourth-order valence-corrected chi connectivity index (χ4v) is 4.66. The molecule has 0 bridgehead atoms. The van der Waals surface area contributed by atoms with Crippen LogP contribution in [0.2, 0.25) is 15.1 Å². The highest BCUT2D eigenvalue weighted by molar-refractivity contribution is 6.48. The van der Waals surface area contributed by atoms with Gasteiger partial charge in [-0.2, -0.15) is 31.6 Å². The van der Waals surface area contributed by atoms with Crippen LogP contribution in [-0.2, 0) is 11.0 Å². The molecule has 0 saturated heterocycles. The molecule has 2 aromatic rings. The van der Waals surface area contributed by atoms with Crippen LogP contribution >= 0.6 is 34.8 Å². The van der Waals surface area contributed by atoms with Gasteiger partial charge < -0.3 is 11.1 Å². The summed E-state index contributed by atoms with van der Waals surface area (Å²) in [6, 6.07) is 3.90. The van der Waals surface area contributed by atoms with Crippen molar-refractivity contribution < 1.29 is 35.9 Å². The third kappa shape index (κ3) is 6.45. The molecule has 1 saturated carbocycles. The Labute approximate surface area is 233 Å². The average Bonchev–Trinajstić information content (AvgIpc) is 3.62. The molecule has 2 atom stereocenters. The maximum absolute atomic E-state index is 14.2. The summed E-state index contributed by atoms with van der Waals surface area (Å²) >= 11 is 17.6. The topological polar surface area (TPSA) is 96.0 Å². The number of hydrogen-bond donors (Lipinski definition) is 2. The lowest BCUT2D eigenvalue weighted by molar-refractivity contribution is -0.140. The van der Waals surface area contributed by atoms with Crippen LogP contribution in [-0.4, -0.2) is 18.0 Å². The van der Waals surface area contributed by atoms with Crippen LogP contribution in [0.5, 0.6) is 0 Å². The highest BCUT2D eigenvalue weighted by Crippen LogP contribution is 2.46. The molecule has 1 unspecified atom stereocenters. The fourth-order valence-electron chi connectivity index (χ4n) is 4.04. The lowest BCUT2D eigenvalue weighted by Gasteiger charge is -2.25. The van der Waals surface area contributed by atoms with E-state index in [1.807, 2.05) is 6.07 Å². The molecular formula is C25H18Cl3F6N3O2. The number of carbonyl (C=O) groups excluding carboxylic acids is 2. The summed E-state index contributed by atoms with van der Waals surface area (Å²) < 4.78 is 84.7. The van der Waals surface area contributed by atoms with Gasteiger partial charge in [0.2, 0.25) is 11.8 Å². The molecule has 1 aliphatic rings. The Balaban J connectivity index is 2.20. The minimum Gasteiger partial charge on any atom is -0.366 e. The lowest BCUT2D eigenvalue weighted by atomic mass is 9.89. The molecule has 3 N–H and O–H groups in total. The van der Waals surface area contributed by atoms with E-state index in [0.717, 1.165) is 37.3 Å². The first-order valence-electron chi connectivity index (χ1n) is 11.1. The maximum Gasteiger partial charge on any atom is 0.417 e. The number of carbonyl (C=O) groups is 2. The third-order valence-electron chi connectivity index (χ3n) is 6.19. The van der Waals surface area contributed by atoms with Gasteiger partial charge in [0.25, 0.3) is 0 Å². The highest BCUT2D eigenvalue weighted by Gasteiger charge is 2.51. The zero-order chi connectivity index (χ0) is 29.5. The van der Waals surface area contributed by atoms with Crippen molar-refractivity contribution in [2.24, 2.45) is 11.1 Å². The Hall–Kier alpha value is -2.94. The molecule has 208 valence electrons. The second-order valence-electron chi connectivity index (χ2n) is 8.92. The summed E-state index contributed by atoms with van der Waals surface area (Å²) in [5, 5.41) is 10.9. The van der Waals surface area contributed by atoms with E-state index >= 15 is 0 Å². The van der Waals surface area contributed by atoms with Crippen molar-refractivity contribution in [2.45, 2.75) is 44.1 Å². The maximum atomic E-state index is 14.2. The predicted octanol–water partition coefficient (Wildman–Crippen LogP) is 7.60. The van der Waals surface area contributed by atoms with Gasteiger partial charge in [0, 0.05) is 0 Å². The summed E-state index contributed by atoms with van der Waals surface area (Å²) in [5.41, 5.74) is -0.237. The number of hydrogen-bond acceptors (Lipinski definition) is 3. The summed E-state index contributed by atoms with van der Waals surface area (Å²) in [4.78, 5) is 24.5. The lowest BCUT2D eigenvalue weighted by Crippen LogP contribution is -2.35. The van der Waals surface area contributed by atoms with Gasteiger partial charge in [-0.25, -0.2) is 0 Å². The van der Waals surface area contributed by atoms with Crippen LogP contribution in [0, 0.1) is 16.7 Å². The number of amides is 2. The quantitative estimate of drug-likeness (QED) is 0.249. The predicted molar refractivity (Wildman–Crippen MR) is 133 cm³/mol.